The Morgan fingerprint density at radius 1 is 1.36 bits per heavy atom. The smallest absolute Gasteiger partial charge is 0.0984 e. The van der Waals surface area contributed by atoms with Crippen LogP contribution in [0.15, 0.2) is 0 Å². The summed E-state index contributed by atoms with van der Waals surface area (Å²) in [6.45, 7) is 8.87. The molecule has 1 aromatic heterocycles. The Morgan fingerprint density at radius 2 is 2.00 bits per heavy atom. The fourth-order valence-electron chi connectivity index (χ4n) is 1.24. The van der Waals surface area contributed by atoms with Gasteiger partial charge in [0.1, 0.15) is 0 Å². The molecule has 0 spiro atoms. The van der Waals surface area contributed by atoms with E-state index in [0.717, 1.165) is 11.8 Å². The van der Waals surface area contributed by atoms with Crippen LogP contribution in [0.1, 0.15) is 49.7 Å². The van der Waals surface area contributed by atoms with E-state index >= 15 is 0 Å². The molecule has 14 heavy (non-hydrogen) atoms. The van der Waals surface area contributed by atoms with Crippen molar-refractivity contribution in [1.82, 2.24) is 4.98 Å². The molecule has 0 aliphatic rings. The number of aromatic nitrogens is 1. The highest BCUT2D eigenvalue weighted by molar-refractivity contribution is 9.08. The minimum absolute atomic E-state index is 0.188. The van der Waals surface area contributed by atoms with Gasteiger partial charge in [-0.1, -0.05) is 50.0 Å². The summed E-state index contributed by atoms with van der Waals surface area (Å²) in [6.07, 6.45) is 2.28. The van der Waals surface area contributed by atoms with Crippen LogP contribution in [0.3, 0.4) is 0 Å². The van der Waals surface area contributed by atoms with Crippen molar-refractivity contribution < 1.29 is 0 Å². The second-order valence-electron chi connectivity index (χ2n) is 4.52. The summed E-state index contributed by atoms with van der Waals surface area (Å²) in [5.74, 6) is 0. The lowest BCUT2D eigenvalue weighted by Gasteiger charge is -2.13. The Morgan fingerprint density at radius 3 is 2.43 bits per heavy atom. The van der Waals surface area contributed by atoms with Crippen molar-refractivity contribution in [3.63, 3.8) is 0 Å². The fourth-order valence-corrected chi connectivity index (χ4v) is 2.92. The SMILES string of the molecule is CCCc1nc(C(C)(C)C)sc1CBr. The largest absolute Gasteiger partial charge is 0.245 e. The number of alkyl halides is 1. The van der Waals surface area contributed by atoms with Crippen molar-refractivity contribution in [2.45, 2.75) is 51.3 Å². The quantitative estimate of drug-likeness (QED) is 0.750. The van der Waals surface area contributed by atoms with Crippen molar-refractivity contribution in [2.75, 3.05) is 0 Å². The molecule has 0 saturated heterocycles. The molecule has 0 saturated carbocycles. The van der Waals surface area contributed by atoms with E-state index in [1.54, 1.807) is 0 Å². The molecule has 0 unspecified atom stereocenters. The van der Waals surface area contributed by atoms with Gasteiger partial charge < -0.3 is 0 Å². The molecule has 0 aliphatic heterocycles. The predicted molar refractivity (Wildman–Crippen MR) is 67.4 cm³/mol. The second kappa shape index (κ2) is 4.75. The van der Waals surface area contributed by atoms with Gasteiger partial charge in [-0.3, -0.25) is 0 Å². The molecular formula is C11H18BrNS. The average molecular weight is 276 g/mol. The fraction of sp³-hybridized carbons (Fsp3) is 0.727. The number of hydrogen-bond donors (Lipinski definition) is 0. The van der Waals surface area contributed by atoms with Crippen LogP contribution in [-0.2, 0) is 17.2 Å². The van der Waals surface area contributed by atoms with E-state index in [4.69, 9.17) is 4.98 Å². The van der Waals surface area contributed by atoms with E-state index in [1.807, 2.05) is 11.3 Å². The first-order chi connectivity index (χ1) is 6.49. The second-order valence-corrected chi connectivity index (χ2v) is 6.17. The Kier molecular flexibility index (Phi) is 4.14. The van der Waals surface area contributed by atoms with Crippen molar-refractivity contribution in [3.05, 3.63) is 15.6 Å². The van der Waals surface area contributed by atoms with Crippen molar-refractivity contribution in [2.24, 2.45) is 0 Å². The summed E-state index contributed by atoms with van der Waals surface area (Å²) in [4.78, 5) is 6.13. The first-order valence-corrected chi connectivity index (χ1v) is 6.97. The van der Waals surface area contributed by atoms with E-state index in [0.29, 0.717) is 0 Å². The number of halogens is 1. The van der Waals surface area contributed by atoms with Gasteiger partial charge in [0.25, 0.3) is 0 Å². The molecule has 0 aromatic carbocycles. The molecule has 0 bridgehead atoms. The van der Waals surface area contributed by atoms with Gasteiger partial charge in [-0.15, -0.1) is 11.3 Å². The third-order valence-electron chi connectivity index (χ3n) is 2.03. The first kappa shape index (κ1) is 12.2. The van der Waals surface area contributed by atoms with Gasteiger partial charge in [-0.2, -0.15) is 0 Å². The Bertz CT molecular complexity index is 299. The predicted octanol–water partition coefficient (Wildman–Crippen LogP) is 4.29. The molecule has 3 heteroatoms. The van der Waals surface area contributed by atoms with Crippen LogP contribution in [0, 0.1) is 0 Å². The van der Waals surface area contributed by atoms with Crippen LogP contribution in [0.2, 0.25) is 0 Å². The molecule has 1 aromatic rings. The van der Waals surface area contributed by atoms with Crippen LogP contribution in [0.25, 0.3) is 0 Å². The minimum atomic E-state index is 0.188. The molecule has 1 nitrogen and oxygen atoms in total. The lowest BCUT2D eigenvalue weighted by molar-refractivity contribution is 0.582. The van der Waals surface area contributed by atoms with Crippen LogP contribution in [-0.4, -0.2) is 4.98 Å². The first-order valence-electron chi connectivity index (χ1n) is 5.04. The third-order valence-corrected chi connectivity index (χ3v) is 4.48. The topological polar surface area (TPSA) is 12.9 Å². The molecule has 0 N–H and O–H groups in total. The number of aryl methyl sites for hydroxylation is 1. The standard InChI is InChI=1S/C11H18BrNS/c1-5-6-8-9(7-12)14-10(13-8)11(2,3)4/h5-7H2,1-4H3. The van der Waals surface area contributed by atoms with Gasteiger partial charge >= 0.3 is 0 Å². The summed E-state index contributed by atoms with van der Waals surface area (Å²) in [5.41, 5.74) is 1.48. The van der Waals surface area contributed by atoms with E-state index in [1.165, 1.54) is 22.0 Å². The molecule has 0 fully saturated rings. The van der Waals surface area contributed by atoms with Gasteiger partial charge in [-0.05, 0) is 6.42 Å². The molecule has 1 rings (SSSR count). The zero-order valence-electron chi connectivity index (χ0n) is 9.35. The lowest BCUT2D eigenvalue weighted by atomic mass is 9.98. The zero-order chi connectivity index (χ0) is 10.8. The Labute approximate surface area is 99.1 Å². The van der Waals surface area contributed by atoms with Crippen LogP contribution in [0.4, 0.5) is 0 Å². The summed E-state index contributed by atoms with van der Waals surface area (Å²) in [7, 11) is 0. The van der Waals surface area contributed by atoms with E-state index in [2.05, 4.69) is 43.6 Å². The van der Waals surface area contributed by atoms with Gasteiger partial charge in [-0.25, -0.2) is 4.98 Å². The minimum Gasteiger partial charge on any atom is -0.245 e. The van der Waals surface area contributed by atoms with Crippen molar-refractivity contribution in [3.8, 4) is 0 Å². The molecule has 0 atom stereocenters. The van der Waals surface area contributed by atoms with Gasteiger partial charge in [0.2, 0.25) is 0 Å². The van der Waals surface area contributed by atoms with Gasteiger partial charge in [0.05, 0.1) is 10.7 Å². The average Bonchev–Trinajstić information content (AvgIpc) is 2.47. The monoisotopic (exact) mass is 275 g/mol. The van der Waals surface area contributed by atoms with E-state index in [9.17, 15) is 0 Å². The summed E-state index contributed by atoms with van der Waals surface area (Å²) in [5, 5.41) is 2.20. The highest BCUT2D eigenvalue weighted by Crippen LogP contribution is 2.31. The summed E-state index contributed by atoms with van der Waals surface area (Å²) >= 11 is 5.38. The molecular weight excluding hydrogens is 258 g/mol. The highest BCUT2D eigenvalue weighted by atomic mass is 79.9. The lowest BCUT2D eigenvalue weighted by Crippen LogP contribution is -2.10. The Hall–Kier alpha value is 0.110. The highest BCUT2D eigenvalue weighted by Gasteiger charge is 2.20. The van der Waals surface area contributed by atoms with Crippen LogP contribution < -0.4 is 0 Å². The Balaban J connectivity index is 3.00. The van der Waals surface area contributed by atoms with Crippen LogP contribution in [0.5, 0.6) is 0 Å². The van der Waals surface area contributed by atoms with Crippen LogP contribution >= 0.6 is 27.3 Å². The molecule has 0 amide bonds. The molecule has 1 heterocycles. The van der Waals surface area contributed by atoms with Crippen molar-refractivity contribution in [1.29, 1.82) is 0 Å². The molecule has 80 valence electrons. The summed E-state index contributed by atoms with van der Waals surface area (Å²) < 4.78 is 0. The maximum atomic E-state index is 4.73. The zero-order valence-corrected chi connectivity index (χ0v) is 11.8. The number of thiazole rings is 1. The molecule has 0 radical (unpaired) electrons. The van der Waals surface area contributed by atoms with Gasteiger partial charge in [0.15, 0.2) is 0 Å². The normalized spacial score (nSPS) is 12.1. The van der Waals surface area contributed by atoms with E-state index < -0.39 is 0 Å². The third kappa shape index (κ3) is 2.80. The maximum Gasteiger partial charge on any atom is 0.0984 e. The summed E-state index contributed by atoms with van der Waals surface area (Å²) in [6, 6.07) is 0. The number of hydrogen-bond acceptors (Lipinski definition) is 2. The van der Waals surface area contributed by atoms with Crippen molar-refractivity contribution >= 4 is 27.3 Å². The number of nitrogens with zero attached hydrogens (tertiary/aromatic N) is 1. The van der Waals surface area contributed by atoms with E-state index in [-0.39, 0.29) is 5.41 Å². The maximum absolute atomic E-state index is 4.73. The number of rotatable bonds is 3. The molecule has 0 aliphatic carbocycles. The van der Waals surface area contributed by atoms with Gasteiger partial charge in [0, 0.05) is 15.6 Å².